The van der Waals surface area contributed by atoms with Crippen molar-refractivity contribution in [3.05, 3.63) is 28.8 Å². The van der Waals surface area contributed by atoms with Crippen molar-refractivity contribution in [2.24, 2.45) is 11.3 Å². The molecule has 0 amide bonds. The monoisotopic (exact) mass is 227 g/mol. The number of nitrogens with one attached hydrogen (secondary N) is 1. The fourth-order valence-electron chi connectivity index (χ4n) is 1.61. The van der Waals surface area contributed by atoms with Crippen LogP contribution in [0.15, 0.2) is 18.2 Å². The minimum absolute atomic E-state index is 0.00327. The Labute approximate surface area is 95.8 Å². The van der Waals surface area contributed by atoms with Crippen molar-refractivity contribution in [3.8, 4) is 0 Å². The fraction of sp³-hybridized carbons (Fsp3) is 0.455. The predicted octanol–water partition coefficient (Wildman–Crippen LogP) is 2.47. The number of nitrogen functional groups attached to an aromatic ring is 1. The van der Waals surface area contributed by atoms with Crippen LogP contribution in [-0.2, 0) is 0 Å². The Morgan fingerprint density at radius 3 is 2.33 bits per heavy atom. The van der Waals surface area contributed by atoms with E-state index in [0.717, 1.165) is 5.56 Å². The normalized spacial score (nSPS) is 13.9. The summed E-state index contributed by atoms with van der Waals surface area (Å²) in [5, 5.41) is 0.640. The van der Waals surface area contributed by atoms with E-state index in [-0.39, 0.29) is 11.5 Å². The van der Waals surface area contributed by atoms with Gasteiger partial charge in [0.05, 0.1) is 6.04 Å². The first kappa shape index (κ1) is 12.3. The van der Waals surface area contributed by atoms with Crippen molar-refractivity contribution in [1.29, 1.82) is 0 Å². The average Bonchev–Trinajstić information content (AvgIpc) is 2.07. The van der Waals surface area contributed by atoms with Crippen LogP contribution in [0.25, 0.3) is 0 Å². The van der Waals surface area contributed by atoms with E-state index in [2.05, 4.69) is 26.2 Å². The molecule has 1 rings (SSSR count). The number of hydrogen-bond donors (Lipinski definition) is 3. The summed E-state index contributed by atoms with van der Waals surface area (Å²) in [6.07, 6.45) is 0. The van der Waals surface area contributed by atoms with Gasteiger partial charge in [-0.05, 0) is 23.1 Å². The second-order valence-electron chi connectivity index (χ2n) is 4.74. The average molecular weight is 228 g/mol. The molecule has 5 N–H and O–H groups in total. The molecule has 3 nitrogen and oxygen atoms in total. The summed E-state index contributed by atoms with van der Waals surface area (Å²) in [5.41, 5.74) is 10.4. The van der Waals surface area contributed by atoms with Crippen LogP contribution in [0.1, 0.15) is 32.4 Å². The number of benzene rings is 1. The van der Waals surface area contributed by atoms with Gasteiger partial charge in [-0.1, -0.05) is 38.4 Å². The van der Waals surface area contributed by atoms with Gasteiger partial charge in [0.1, 0.15) is 0 Å². The first-order valence-electron chi connectivity index (χ1n) is 4.87. The molecule has 0 saturated heterocycles. The summed E-state index contributed by atoms with van der Waals surface area (Å²) < 4.78 is 0. The second kappa shape index (κ2) is 4.39. The van der Waals surface area contributed by atoms with Gasteiger partial charge in [0.2, 0.25) is 0 Å². The summed E-state index contributed by atoms with van der Waals surface area (Å²) in [6, 6.07) is 5.48. The van der Waals surface area contributed by atoms with Crippen molar-refractivity contribution < 1.29 is 0 Å². The molecule has 1 aromatic carbocycles. The third-order valence-electron chi connectivity index (χ3n) is 2.39. The molecule has 0 spiro atoms. The lowest BCUT2D eigenvalue weighted by Gasteiger charge is -2.31. The minimum Gasteiger partial charge on any atom is -0.398 e. The highest BCUT2D eigenvalue weighted by Gasteiger charge is 2.26. The molecule has 0 bridgehead atoms. The minimum atomic E-state index is -0.00327. The van der Waals surface area contributed by atoms with Crippen LogP contribution in [0.2, 0.25) is 5.02 Å². The lowest BCUT2D eigenvalue weighted by atomic mass is 9.82. The molecule has 15 heavy (non-hydrogen) atoms. The quantitative estimate of drug-likeness (QED) is 0.413. The van der Waals surface area contributed by atoms with Gasteiger partial charge >= 0.3 is 0 Å². The van der Waals surface area contributed by atoms with Crippen LogP contribution < -0.4 is 17.0 Å². The van der Waals surface area contributed by atoms with Gasteiger partial charge in [-0.3, -0.25) is 11.3 Å². The predicted molar refractivity (Wildman–Crippen MR) is 65.4 cm³/mol. The largest absolute Gasteiger partial charge is 0.398 e. The van der Waals surface area contributed by atoms with E-state index in [4.69, 9.17) is 23.2 Å². The molecule has 4 heteroatoms. The molecular weight excluding hydrogens is 210 g/mol. The van der Waals surface area contributed by atoms with Gasteiger partial charge < -0.3 is 5.73 Å². The second-order valence-corrected chi connectivity index (χ2v) is 5.18. The van der Waals surface area contributed by atoms with Gasteiger partial charge in [0.25, 0.3) is 0 Å². The molecule has 0 aliphatic heterocycles. The van der Waals surface area contributed by atoms with Crippen molar-refractivity contribution in [3.63, 3.8) is 0 Å². The fourth-order valence-corrected chi connectivity index (χ4v) is 1.80. The number of nitrogens with two attached hydrogens (primary N) is 2. The Balaban J connectivity index is 3.13. The van der Waals surface area contributed by atoms with E-state index in [1.54, 1.807) is 6.07 Å². The molecule has 0 heterocycles. The van der Waals surface area contributed by atoms with Crippen LogP contribution in [0.5, 0.6) is 0 Å². The maximum atomic E-state index is 5.91. The van der Waals surface area contributed by atoms with Crippen molar-refractivity contribution >= 4 is 17.3 Å². The standard InChI is InChI=1S/C11H18ClN3/c1-11(2,3)10(15-14)8-5-4-7(12)6-9(8)13/h4-6,10,15H,13-14H2,1-3H3. The zero-order valence-corrected chi connectivity index (χ0v) is 10.1. The first-order valence-corrected chi connectivity index (χ1v) is 5.25. The molecule has 1 aromatic rings. The molecule has 0 fully saturated rings. The van der Waals surface area contributed by atoms with Gasteiger partial charge in [-0.2, -0.15) is 0 Å². The number of hydrogen-bond acceptors (Lipinski definition) is 3. The molecular formula is C11H18ClN3. The highest BCUT2D eigenvalue weighted by molar-refractivity contribution is 6.30. The van der Waals surface area contributed by atoms with Crippen molar-refractivity contribution in [1.82, 2.24) is 5.43 Å². The lowest BCUT2D eigenvalue weighted by Crippen LogP contribution is -2.37. The highest BCUT2D eigenvalue weighted by atomic mass is 35.5. The molecule has 0 saturated carbocycles. The highest BCUT2D eigenvalue weighted by Crippen LogP contribution is 2.35. The summed E-state index contributed by atoms with van der Waals surface area (Å²) in [6.45, 7) is 6.31. The van der Waals surface area contributed by atoms with Crippen LogP contribution in [0, 0.1) is 5.41 Å². The van der Waals surface area contributed by atoms with E-state index in [1.807, 2.05) is 12.1 Å². The molecule has 1 atom stereocenters. The zero-order chi connectivity index (χ0) is 11.6. The molecule has 84 valence electrons. The molecule has 0 radical (unpaired) electrons. The lowest BCUT2D eigenvalue weighted by molar-refractivity contribution is 0.276. The summed E-state index contributed by atoms with van der Waals surface area (Å²) in [7, 11) is 0. The maximum absolute atomic E-state index is 5.91. The number of halogens is 1. The summed E-state index contributed by atoms with van der Waals surface area (Å²) in [5.74, 6) is 5.56. The van der Waals surface area contributed by atoms with E-state index in [0.29, 0.717) is 10.7 Å². The molecule has 0 aliphatic rings. The zero-order valence-electron chi connectivity index (χ0n) is 9.34. The van der Waals surface area contributed by atoms with E-state index >= 15 is 0 Å². The number of rotatable bonds is 2. The van der Waals surface area contributed by atoms with Crippen molar-refractivity contribution in [2.45, 2.75) is 26.8 Å². The van der Waals surface area contributed by atoms with Gasteiger partial charge in [0, 0.05) is 10.7 Å². The maximum Gasteiger partial charge on any atom is 0.0528 e. The van der Waals surface area contributed by atoms with E-state index < -0.39 is 0 Å². The van der Waals surface area contributed by atoms with E-state index in [9.17, 15) is 0 Å². The topological polar surface area (TPSA) is 64.1 Å². The summed E-state index contributed by atoms with van der Waals surface area (Å²) in [4.78, 5) is 0. The third-order valence-corrected chi connectivity index (χ3v) is 2.63. The summed E-state index contributed by atoms with van der Waals surface area (Å²) >= 11 is 5.85. The van der Waals surface area contributed by atoms with Crippen molar-refractivity contribution in [2.75, 3.05) is 5.73 Å². The molecule has 0 aromatic heterocycles. The smallest absolute Gasteiger partial charge is 0.0528 e. The van der Waals surface area contributed by atoms with Crippen LogP contribution >= 0.6 is 11.6 Å². The Morgan fingerprint density at radius 2 is 1.93 bits per heavy atom. The molecule has 0 aliphatic carbocycles. The number of anilines is 1. The van der Waals surface area contributed by atoms with E-state index in [1.165, 1.54) is 0 Å². The third kappa shape index (κ3) is 2.84. The Bertz CT molecular complexity index is 344. The van der Waals surface area contributed by atoms with Gasteiger partial charge in [-0.25, -0.2) is 0 Å². The molecule has 1 unspecified atom stereocenters. The Kier molecular flexibility index (Phi) is 3.60. The van der Waals surface area contributed by atoms with Gasteiger partial charge in [0.15, 0.2) is 0 Å². The number of hydrazine groups is 1. The Hall–Kier alpha value is -0.770. The van der Waals surface area contributed by atoms with Crippen LogP contribution in [0.3, 0.4) is 0 Å². The van der Waals surface area contributed by atoms with Crippen LogP contribution in [-0.4, -0.2) is 0 Å². The van der Waals surface area contributed by atoms with Gasteiger partial charge in [-0.15, -0.1) is 0 Å². The SMILES string of the molecule is CC(C)(C)C(NN)c1ccc(Cl)cc1N. The first-order chi connectivity index (χ1) is 6.86. The Morgan fingerprint density at radius 1 is 1.33 bits per heavy atom. The van der Waals surface area contributed by atoms with Crippen LogP contribution in [0.4, 0.5) is 5.69 Å².